The number of hydrogen-bond acceptors (Lipinski definition) is 4. The SMILES string of the molecule is O=C1[N-]C(=O)C2C3C=CC(C12)C1C(=O)[N-]C(=O)C31.[Pr].[Pr]. The molecule has 1 saturated carbocycles. The largest absolute Gasteiger partial charge is 0.595 e. The third-order valence-corrected chi connectivity index (χ3v) is 4.57. The maximum absolute atomic E-state index is 11.7. The maximum Gasteiger partial charge on any atom is 0.0609 e. The van der Waals surface area contributed by atoms with E-state index in [0.29, 0.717) is 0 Å². The van der Waals surface area contributed by atoms with Crippen molar-refractivity contribution in [2.24, 2.45) is 35.5 Å². The van der Waals surface area contributed by atoms with Crippen molar-refractivity contribution in [3.8, 4) is 0 Å². The normalized spacial score (nSPS) is 43.2. The molecule has 2 radical (unpaired) electrons. The summed E-state index contributed by atoms with van der Waals surface area (Å²) < 4.78 is 0. The Morgan fingerprint density at radius 3 is 1.10 bits per heavy atom. The molecule has 2 heterocycles. The number of carbonyl (C=O) groups is 4. The van der Waals surface area contributed by atoms with Crippen LogP contribution in [0.4, 0.5) is 0 Å². The summed E-state index contributed by atoms with van der Waals surface area (Å²) in [6.45, 7) is 0. The Hall–Kier alpha value is 0.747. The summed E-state index contributed by atoms with van der Waals surface area (Å²) in [5.74, 6) is -4.81. The molecule has 2 bridgehead atoms. The van der Waals surface area contributed by atoms with Crippen molar-refractivity contribution >= 4 is 23.6 Å². The molecule has 3 fully saturated rings. The van der Waals surface area contributed by atoms with E-state index in [2.05, 4.69) is 10.6 Å². The molecule has 20 heavy (non-hydrogen) atoms. The van der Waals surface area contributed by atoms with Crippen molar-refractivity contribution in [2.75, 3.05) is 0 Å². The number of imide groups is 2. The van der Waals surface area contributed by atoms with Gasteiger partial charge in [0.2, 0.25) is 0 Å². The first-order chi connectivity index (χ1) is 8.59. The van der Waals surface area contributed by atoms with E-state index in [1.54, 1.807) is 12.2 Å². The summed E-state index contributed by atoms with van der Waals surface area (Å²) in [5.41, 5.74) is 0. The number of amides is 4. The second kappa shape index (κ2) is 5.75. The Morgan fingerprint density at radius 1 is 0.600 bits per heavy atom. The van der Waals surface area contributed by atoms with Gasteiger partial charge >= 0.3 is 0 Å². The van der Waals surface area contributed by atoms with E-state index >= 15 is 0 Å². The fourth-order valence-corrected chi connectivity index (χ4v) is 3.93. The molecule has 4 amide bonds. The predicted molar refractivity (Wildman–Crippen MR) is 56.8 cm³/mol. The van der Waals surface area contributed by atoms with E-state index in [0.717, 1.165) is 0 Å². The van der Waals surface area contributed by atoms with Crippen molar-refractivity contribution in [3.63, 3.8) is 0 Å². The fraction of sp³-hybridized carbons (Fsp3) is 0.500. The van der Waals surface area contributed by atoms with Gasteiger partial charge in [0, 0.05) is 106 Å². The van der Waals surface area contributed by atoms with E-state index < -0.39 is 59.1 Å². The minimum atomic E-state index is -0.557. The molecule has 0 aromatic carbocycles. The van der Waals surface area contributed by atoms with E-state index in [1.165, 1.54) is 0 Å². The topological polar surface area (TPSA) is 96.5 Å². The monoisotopic (exact) mass is 526 g/mol. The van der Waals surface area contributed by atoms with Gasteiger partial charge in [0.1, 0.15) is 0 Å². The zero-order chi connectivity index (χ0) is 12.6. The van der Waals surface area contributed by atoms with Gasteiger partial charge in [-0.2, -0.15) is 0 Å². The van der Waals surface area contributed by atoms with E-state index in [4.69, 9.17) is 0 Å². The predicted octanol–water partition coefficient (Wildman–Crippen LogP) is 0.148. The third kappa shape index (κ3) is 2.04. The molecule has 2 aliphatic heterocycles. The average Bonchev–Trinajstić information content (AvgIpc) is 2.81. The first-order valence-electron chi connectivity index (χ1n) is 5.87. The molecule has 0 spiro atoms. The third-order valence-electron chi connectivity index (χ3n) is 4.57. The summed E-state index contributed by atoms with van der Waals surface area (Å²) in [6, 6.07) is 0. The molecule has 0 N–H and O–H groups in total. The van der Waals surface area contributed by atoms with Crippen LogP contribution in [-0.2, 0) is 19.2 Å². The molecule has 4 unspecified atom stereocenters. The second-order valence-corrected chi connectivity index (χ2v) is 5.22. The van der Waals surface area contributed by atoms with Crippen molar-refractivity contribution in [1.82, 2.24) is 0 Å². The van der Waals surface area contributed by atoms with Gasteiger partial charge in [-0.05, 0) is 11.8 Å². The van der Waals surface area contributed by atoms with Crippen LogP contribution < -0.4 is 0 Å². The van der Waals surface area contributed by atoms with Crippen LogP contribution >= 0.6 is 0 Å². The smallest absolute Gasteiger partial charge is 0.0609 e. The summed E-state index contributed by atoms with van der Waals surface area (Å²) in [4.78, 5) is 46.9. The summed E-state index contributed by atoms with van der Waals surface area (Å²) in [5, 5.41) is 6.96. The van der Waals surface area contributed by atoms with Gasteiger partial charge in [0.05, 0.1) is 23.6 Å². The first kappa shape index (κ1) is 17.1. The average molecular weight is 526 g/mol. The first-order valence-corrected chi connectivity index (χ1v) is 5.87. The van der Waals surface area contributed by atoms with Crippen molar-refractivity contribution in [2.45, 2.75) is 0 Å². The number of nitrogens with zero attached hydrogens (tertiary/aromatic N) is 2. The van der Waals surface area contributed by atoms with E-state index in [9.17, 15) is 19.2 Å². The molecule has 2 saturated heterocycles. The van der Waals surface area contributed by atoms with Crippen LogP contribution in [0.2, 0.25) is 0 Å². The zero-order valence-electron chi connectivity index (χ0n) is 10.3. The van der Waals surface area contributed by atoms with Crippen LogP contribution in [0.15, 0.2) is 12.2 Å². The van der Waals surface area contributed by atoms with Crippen molar-refractivity contribution in [3.05, 3.63) is 22.8 Å². The summed E-state index contributed by atoms with van der Waals surface area (Å²) in [6.07, 6.45) is 3.57. The van der Waals surface area contributed by atoms with Crippen LogP contribution in [0, 0.1) is 118 Å². The maximum atomic E-state index is 11.7. The van der Waals surface area contributed by atoms with Gasteiger partial charge < -0.3 is 29.8 Å². The van der Waals surface area contributed by atoms with Crippen LogP contribution in [-0.4, -0.2) is 23.6 Å². The van der Waals surface area contributed by atoms with Gasteiger partial charge in [-0.15, -0.1) is 0 Å². The molecule has 3 aliphatic carbocycles. The summed E-state index contributed by atoms with van der Waals surface area (Å²) >= 11 is 0. The molecule has 98 valence electrons. The Kier molecular flexibility index (Phi) is 4.92. The Labute approximate surface area is 181 Å². The quantitative estimate of drug-likeness (QED) is 0.332. The zero-order valence-corrected chi connectivity index (χ0v) is 17.7. The van der Waals surface area contributed by atoms with Gasteiger partial charge in [0.25, 0.3) is 0 Å². The standard InChI is InChI=1S/C12H10N2O4.2Pr/c15-9-5-3-1-2-4(7(5)11(17)13-9)8-6(3)10(16)14-12(8)18;;/h1-8H,(H2,13,14,15,16,17,18);;/p-2. The molecule has 0 aromatic heterocycles. The molecule has 4 atom stereocenters. The van der Waals surface area contributed by atoms with Crippen LogP contribution in [0.5, 0.6) is 0 Å². The number of allylic oxidation sites excluding steroid dienone is 2. The minimum Gasteiger partial charge on any atom is -0.595 e. The van der Waals surface area contributed by atoms with Gasteiger partial charge in [-0.25, -0.2) is 0 Å². The number of carbonyl (C=O) groups excluding carboxylic acids is 4. The van der Waals surface area contributed by atoms with Crippen LogP contribution in [0.25, 0.3) is 10.6 Å². The second-order valence-electron chi connectivity index (χ2n) is 5.22. The minimum absolute atomic E-state index is 0. The molecular formula is C12H8N2O4Pr2-2. The van der Waals surface area contributed by atoms with Crippen molar-refractivity contribution in [1.29, 1.82) is 0 Å². The van der Waals surface area contributed by atoms with Crippen LogP contribution in [0.3, 0.4) is 0 Å². The van der Waals surface area contributed by atoms with Crippen molar-refractivity contribution < 1.29 is 102 Å². The molecule has 5 rings (SSSR count). The van der Waals surface area contributed by atoms with Crippen LogP contribution in [0.1, 0.15) is 0 Å². The van der Waals surface area contributed by atoms with Gasteiger partial charge in [-0.1, -0.05) is 12.2 Å². The van der Waals surface area contributed by atoms with Gasteiger partial charge in [0.15, 0.2) is 0 Å². The molecule has 0 aromatic rings. The number of rotatable bonds is 0. The Balaban J connectivity index is 0.000000735. The van der Waals surface area contributed by atoms with E-state index in [1.807, 2.05) is 0 Å². The molecule has 6 nitrogen and oxygen atoms in total. The Morgan fingerprint density at radius 2 is 0.850 bits per heavy atom. The molecule has 8 heteroatoms. The molecular weight excluding hydrogens is 518 g/mol. The molecule has 5 aliphatic rings. The van der Waals surface area contributed by atoms with E-state index in [-0.39, 0.29) is 82.6 Å². The Bertz CT molecular complexity index is 474. The van der Waals surface area contributed by atoms with Gasteiger partial charge in [-0.3, -0.25) is 0 Å². The number of hydrogen-bond donors (Lipinski definition) is 0. The fourth-order valence-electron chi connectivity index (χ4n) is 3.93. The summed E-state index contributed by atoms with van der Waals surface area (Å²) in [7, 11) is 0.